The predicted octanol–water partition coefficient (Wildman–Crippen LogP) is 2.65. The van der Waals surface area contributed by atoms with Gasteiger partial charge in [-0.2, -0.15) is 0 Å². The minimum atomic E-state index is -0.958. The number of H-pyrrole nitrogens is 1. The van der Waals surface area contributed by atoms with Gasteiger partial charge in [-0.3, -0.25) is 4.79 Å². The molecule has 4 rings (SSSR count). The van der Waals surface area contributed by atoms with Crippen LogP contribution in [0.5, 0.6) is 0 Å². The predicted molar refractivity (Wildman–Crippen MR) is 96.8 cm³/mol. The Morgan fingerprint density at radius 3 is 2.68 bits per heavy atom. The Kier molecular flexibility index (Phi) is 3.29. The summed E-state index contributed by atoms with van der Waals surface area (Å²) in [5.41, 5.74) is 10.5. The van der Waals surface area contributed by atoms with Gasteiger partial charge in [-0.15, -0.1) is 0 Å². The van der Waals surface area contributed by atoms with Crippen molar-refractivity contribution in [2.24, 2.45) is 0 Å². The number of hydrogen-bond donors (Lipinski definition) is 4. The Morgan fingerprint density at radius 2 is 1.96 bits per heavy atom. The molecule has 1 aliphatic carbocycles. The van der Waals surface area contributed by atoms with E-state index >= 15 is 0 Å². The van der Waals surface area contributed by atoms with E-state index in [4.69, 9.17) is 5.73 Å². The number of nitrogens with one attached hydrogen (secondary N) is 1. The number of fused-ring (bicyclic) bond motifs is 4. The van der Waals surface area contributed by atoms with Gasteiger partial charge in [0.25, 0.3) is 0 Å². The van der Waals surface area contributed by atoms with E-state index < -0.39 is 11.5 Å². The molecule has 0 saturated heterocycles. The second kappa shape index (κ2) is 5.18. The Balaban J connectivity index is 2.00. The molecule has 128 valence electrons. The fourth-order valence-corrected chi connectivity index (χ4v) is 3.78. The molecule has 0 bridgehead atoms. The summed E-state index contributed by atoms with van der Waals surface area (Å²) in [4.78, 5) is 16.5. The molecule has 1 atom stereocenters. The minimum absolute atomic E-state index is 0.0367. The van der Waals surface area contributed by atoms with Crippen molar-refractivity contribution in [1.29, 1.82) is 0 Å². The van der Waals surface area contributed by atoms with Crippen molar-refractivity contribution in [3.8, 4) is 0 Å². The maximum atomic E-state index is 13.1. The molecular formula is C20H20N2O3. The molecular weight excluding hydrogens is 316 g/mol. The summed E-state index contributed by atoms with van der Waals surface area (Å²) in [5.74, 6) is -0.0367. The van der Waals surface area contributed by atoms with Crippen LogP contribution in [0.15, 0.2) is 36.4 Å². The van der Waals surface area contributed by atoms with Crippen LogP contribution in [-0.2, 0) is 5.41 Å². The van der Waals surface area contributed by atoms with E-state index in [2.05, 4.69) is 4.98 Å². The van der Waals surface area contributed by atoms with Gasteiger partial charge in [0, 0.05) is 33.3 Å². The van der Waals surface area contributed by atoms with Crippen LogP contribution in [0.2, 0.25) is 0 Å². The summed E-state index contributed by atoms with van der Waals surface area (Å²) >= 11 is 0. The number of rotatable bonds is 2. The first-order valence-corrected chi connectivity index (χ1v) is 8.24. The van der Waals surface area contributed by atoms with Gasteiger partial charge < -0.3 is 20.9 Å². The normalized spacial score (nSPS) is 16.6. The fraction of sp³-hybridized carbons (Fsp3) is 0.250. The van der Waals surface area contributed by atoms with Crippen molar-refractivity contribution in [2.75, 3.05) is 12.3 Å². The number of aliphatic hydroxyl groups is 2. The van der Waals surface area contributed by atoms with Crippen LogP contribution in [-0.4, -0.2) is 27.6 Å². The second-order valence-corrected chi connectivity index (χ2v) is 7.14. The van der Waals surface area contributed by atoms with Crippen molar-refractivity contribution in [3.05, 3.63) is 64.3 Å². The molecule has 1 aliphatic rings. The summed E-state index contributed by atoms with van der Waals surface area (Å²) < 4.78 is 0. The van der Waals surface area contributed by atoms with Crippen LogP contribution in [0.25, 0.3) is 10.9 Å². The van der Waals surface area contributed by atoms with E-state index in [9.17, 15) is 15.0 Å². The third-order valence-corrected chi connectivity index (χ3v) is 5.19. The second-order valence-electron chi connectivity index (χ2n) is 7.14. The van der Waals surface area contributed by atoms with Gasteiger partial charge >= 0.3 is 0 Å². The molecule has 3 aromatic rings. The SMILES string of the molecule is CC1(C)c2cc(C(O)CO)ccc2C(=O)c2c1[nH]c1cc(N)ccc21. The fourth-order valence-electron chi connectivity index (χ4n) is 3.78. The molecule has 0 spiro atoms. The molecule has 1 aromatic heterocycles. The maximum absolute atomic E-state index is 13.1. The van der Waals surface area contributed by atoms with Gasteiger partial charge in [0.15, 0.2) is 5.78 Å². The highest BCUT2D eigenvalue weighted by Gasteiger charge is 2.39. The van der Waals surface area contributed by atoms with Crippen LogP contribution in [0.4, 0.5) is 5.69 Å². The Labute approximate surface area is 145 Å². The molecule has 0 saturated carbocycles. The monoisotopic (exact) mass is 336 g/mol. The number of nitrogen functional groups attached to an aromatic ring is 1. The van der Waals surface area contributed by atoms with Gasteiger partial charge in [0.1, 0.15) is 6.10 Å². The van der Waals surface area contributed by atoms with Crippen molar-refractivity contribution in [3.63, 3.8) is 0 Å². The summed E-state index contributed by atoms with van der Waals surface area (Å²) in [6.45, 7) is 3.74. The number of aliphatic hydroxyl groups excluding tert-OH is 2. The van der Waals surface area contributed by atoms with Crippen LogP contribution in [0, 0.1) is 0 Å². The molecule has 0 radical (unpaired) electrons. The molecule has 5 heteroatoms. The molecule has 0 amide bonds. The summed E-state index contributed by atoms with van der Waals surface area (Å²) in [6, 6.07) is 10.8. The topological polar surface area (TPSA) is 99.3 Å². The van der Waals surface area contributed by atoms with E-state index in [-0.39, 0.29) is 12.4 Å². The lowest BCUT2D eigenvalue weighted by Gasteiger charge is -2.32. The molecule has 1 unspecified atom stereocenters. The number of benzene rings is 2. The van der Waals surface area contributed by atoms with E-state index in [0.717, 1.165) is 22.2 Å². The van der Waals surface area contributed by atoms with Crippen LogP contribution >= 0.6 is 0 Å². The number of aromatic nitrogens is 1. The van der Waals surface area contributed by atoms with E-state index in [1.165, 1.54) is 0 Å². The molecule has 5 nitrogen and oxygen atoms in total. The van der Waals surface area contributed by atoms with Crippen LogP contribution < -0.4 is 5.73 Å². The molecule has 0 aliphatic heterocycles. The number of nitrogens with two attached hydrogens (primary N) is 1. The standard InChI is InChI=1S/C20H20N2O3/c1-20(2)14-7-10(16(24)9-23)3-5-12(14)18(25)17-13-6-4-11(21)8-15(13)22-19(17)20/h3-8,16,22-24H,9,21H2,1-2H3. The highest BCUT2D eigenvalue weighted by molar-refractivity contribution is 6.20. The van der Waals surface area contributed by atoms with Gasteiger partial charge in [-0.05, 0) is 23.3 Å². The average Bonchev–Trinajstić information content (AvgIpc) is 2.98. The van der Waals surface area contributed by atoms with Crippen molar-refractivity contribution in [2.45, 2.75) is 25.4 Å². The lowest BCUT2D eigenvalue weighted by Crippen LogP contribution is -2.30. The largest absolute Gasteiger partial charge is 0.399 e. The van der Waals surface area contributed by atoms with Crippen LogP contribution in [0.3, 0.4) is 0 Å². The lowest BCUT2D eigenvalue weighted by molar-refractivity contribution is 0.0953. The van der Waals surface area contributed by atoms with Crippen molar-refractivity contribution >= 4 is 22.4 Å². The number of ketones is 1. The Bertz CT molecular complexity index is 1020. The number of carbonyl (C=O) groups excluding carboxylic acids is 1. The summed E-state index contributed by atoms with van der Waals surface area (Å²) in [5, 5.41) is 20.0. The van der Waals surface area contributed by atoms with Gasteiger partial charge in [-0.1, -0.05) is 38.1 Å². The first-order valence-electron chi connectivity index (χ1n) is 8.24. The third-order valence-electron chi connectivity index (χ3n) is 5.19. The number of carbonyl (C=O) groups is 1. The highest BCUT2D eigenvalue weighted by atomic mass is 16.3. The molecule has 25 heavy (non-hydrogen) atoms. The van der Waals surface area contributed by atoms with E-state index in [1.54, 1.807) is 18.2 Å². The summed E-state index contributed by atoms with van der Waals surface area (Å²) in [6.07, 6.45) is -0.958. The molecule has 1 heterocycles. The van der Waals surface area contributed by atoms with Gasteiger partial charge in [-0.25, -0.2) is 0 Å². The first kappa shape index (κ1) is 15.9. The van der Waals surface area contributed by atoms with Crippen molar-refractivity contribution in [1.82, 2.24) is 4.98 Å². The number of aromatic amines is 1. The first-order chi connectivity index (χ1) is 11.8. The zero-order chi connectivity index (χ0) is 17.9. The minimum Gasteiger partial charge on any atom is -0.399 e. The number of anilines is 1. The zero-order valence-electron chi connectivity index (χ0n) is 14.1. The third kappa shape index (κ3) is 2.13. The molecule has 5 N–H and O–H groups in total. The van der Waals surface area contributed by atoms with Gasteiger partial charge in [0.2, 0.25) is 0 Å². The zero-order valence-corrected chi connectivity index (χ0v) is 14.1. The molecule has 2 aromatic carbocycles. The quantitative estimate of drug-likeness (QED) is 0.541. The van der Waals surface area contributed by atoms with Gasteiger partial charge in [0.05, 0.1) is 12.2 Å². The van der Waals surface area contributed by atoms with Crippen LogP contribution in [0.1, 0.15) is 52.7 Å². The highest BCUT2D eigenvalue weighted by Crippen LogP contribution is 2.44. The molecule has 0 fully saturated rings. The Hall–Kier alpha value is -2.63. The number of hydrogen-bond acceptors (Lipinski definition) is 4. The summed E-state index contributed by atoms with van der Waals surface area (Å²) in [7, 11) is 0. The lowest BCUT2D eigenvalue weighted by atomic mass is 9.70. The van der Waals surface area contributed by atoms with E-state index in [1.807, 2.05) is 32.0 Å². The maximum Gasteiger partial charge on any atom is 0.195 e. The van der Waals surface area contributed by atoms with Crippen molar-refractivity contribution < 1.29 is 15.0 Å². The Morgan fingerprint density at radius 1 is 1.20 bits per heavy atom. The van der Waals surface area contributed by atoms with E-state index in [0.29, 0.717) is 22.4 Å². The average molecular weight is 336 g/mol. The smallest absolute Gasteiger partial charge is 0.195 e.